The molecule has 1 N–H and O–H groups in total. The summed E-state index contributed by atoms with van der Waals surface area (Å²) in [6, 6.07) is 4.33. The highest BCUT2D eigenvalue weighted by molar-refractivity contribution is 6.31. The zero-order chi connectivity index (χ0) is 13.1. The summed E-state index contributed by atoms with van der Waals surface area (Å²) in [7, 11) is 1.54. The molecular formula is C12H11ClFN3O. The molecule has 0 aliphatic rings. The van der Waals surface area contributed by atoms with Crippen molar-refractivity contribution in [1.29, 1.82) is 0 Å². The predicted molar refractivity (Wildman–Crippen MR) is 68.0 cm³/mol. The standard InChI is InChI=1S/C12H11ClFN3O/c1-7-11(18-2)12(16-6-15-7)17-8-3-4-10(14)9(13)5-8/h3-6H,1-2H3,(H,15,16,17). The number of halogens is 2. The van der Waals surface area contributed by atoms with E-state index >= 15 is 0 Å². The Labute approximate surface area is 109 Å². The number of rotatable bonds is 3. The van der Waals surface area contributed by atoms with Crippen molar-refractivity contribution >= 4 is 23.1 Å². The lowest BCUT2D eigenvalue weighted by Crippen LogP contribution is -2.00. The minimum atomic E-state index is -0.465. The van der Waals surface area contributed by atoms with Crippen LogP contribution in [-0.4, -0.2) is 17.1 Å². The van der Waals surface area contributed by atoms with E-state index in [1.807, 2.05) is 6.92 Å². The van der Waals surface area contributed by atoms with Gasteiger partial charge in [0.25, 0.3) is 0 Å². The smallest absolute Gasteiger partial charge is 0.182 e. The van der Waals surface area contributed by atoms with Crippen molar-refractivity contribution in [3.63, 3.8) is 0 Å². The average Bonchev–Trinajstić information content (AvgIpc) is 2.34. The molecular weight excluding hydrogens is 257 g/mol. The zero-order valence-corrected chi connectivity index (χ0v) is 10.6. The van der Waals surface area contributed by atoms with E-state index < -0.39 is 5.82 Å². The monoisotopic (exact) mass is 267 g/mol. The molecule has 0 saturated heterocycles. The first kappa shape index (κ1) is 12.6. The van der Waals surface area contributed by atoms with E-state index in [4.69, 9.17) is 16.3 Å². The molecule has 0 atom stereocenters. The van der Waals surface area contributed by atoms with Gasteiger partial charge in [0.05, 0.1) is 17.8 Å². The van der Waals surface area contributed by atoms with Gasteiger partial charge in [-0.3, -0.25) is 0 Å². The number of anilines is 2. The SMILES string of the molecule is COc1c(C)ncnc1Nc1ccc(F)c(Cl)c1. The lowest BCUT2D eigenvalue weighted by molar-refractivity contribution is 0.409. The summed E-state index contributed by atoms with van der Waals surface area (Å²) >= 11 is 5.71. The Balaban J connectivity index is 2.34. The molecule has 0 aliphatic heterocycles. The van der Waals surface area contributed by atoms with Crippen LogP contribution in [0.15, 0.2) is 24.5 Å². The summed E-state index contributed by atoms with van der Waals surface area (Å²) in [5, 5.41) is 3.05. The summed E-state index contributed by atoms with van der Waals surface area (Å²) < 4.78 is 18.2. The van der Waals surface area contributed by atoms with Crippen LogP contribution >= 0.6 is 11.6 Å². The zero-order valence-electron chi connectivity index (χ0n) is 9.87. The molecule has 0 spiro atoms. The normalized spacial score (nSPS) is 10.2. The summed E-state index contributed by atoms with van der Waals surface area (Å²) in [5.41, 5.74) is 1.33. The molecule has 0 unspecified atom stereocenters. The summed E-state index contributed by atoms with van der Waals surface area (Å²) in [6.07, 6.45) is 1.42. The van der Waals surface area contributed by atoms with Crippen LogP contribution in [0.25, 0.3) is 0 Å². The van der Waals surface area contributed by atoms with Crippen LogP contribution in [0.1, 0.15) is 5.69 Å². The summed E-state index contributed by atoms with van der Waals surface area (Å²) in [6.45, 7) is 1.81. The molecule has 0 amide bonds. The Hall–Kier alpha value is -1.88. The third-order valence-electron chi connectivity index (χ3n) is 2.37. The quantitative estimate of drug-likeness (QED) is 0.927. The molecule has 1 aromatic carbocycles. The van der Waals surface area contributed by atoms with Gasteiger partial charge in [0.15, 0.2) is 11.6 Å². The lowest BCUT2D eigenvalue weighted by atomic mass is 10.3. The molecule has 18 heavy (non-hydrogen) atoms. The van der Waals surface area contributed by atoms with Gasteiger partial charge in [0, 0.05) is 5.69 Å². The molecule has 0 fully saturated rings. The molecule has 0 bridgehead atoms. The number of aryl methyl sites for hydroxylation is 1. The first-order valence-electron chi connectivity index (χ1n) is 5.19. The second-order valence-electron chi connectivity index (χ2n) is 3.59. The molecule has 6 heteroatoms. The highest BCUT2D eigenvalue weighted by Gasteiger charge is 2.09. The fourth-order valence-electron chi connectivity index (χ4n) is 1.51. The van der Waals surface area contributed by atoms with Gasteiger partial charge in [-0.25, -0.2) is 14.4 Å². The second-order valence-corrected chi connectivity index (χ2v) is 4.00. The van der Waals surface area contributed by atoms with Gasteiger partial charge in [-0.2, -0.15) is 0 Å². The molecule has 1 aromatic heterocycles. The molecule has 1 heterocycles. The molecule has 0 radical (unpaired) electrons. The minimum absolute atomic E-state index is 0.0461. The van der Waals surface area contributed by atoms with Crippen LogP contribution < -0.4 is 10.1 Å². The van der Waals surface area contributed by atoms with E-state index in [1.54, 1.807) is 6.07 Å². The van der Waals surface area contributed by atoms with Crippen molar-refractivity contribution in [2.75, 3.05) is 12.4 Å². The molecule has 4 nitrogen and oxygen atoms in total. The van der Waals surface area contributed by atoms with Crippen molar-refractivity contribution in [1.82, 2.24) is 9.97 Å². The van der Waals surface area contributed by atoms with Gasteiger partial charge >= 0.3 is 0 Å². The number of hydrogen-bond acceptors (Lipinski definition) is 4. The minimum Gasteiger partial charge on any atom is -0.491 e. The predicted octanol–water partition coefficient (Wildman–Crippen LogP) is 3.33. The Morgan fingerprint density at radius 1 is 1.33 bits per heavy atom. The Kier molecular flexibility index (Phi) is 3.62. The molecule has 0 aliphatic carbocycles. The number of benzene rings is 1. The van der Waals surface area contributed by atoms with Crippen molar-refractivity contribution in [3.05, 3.63) is 41.1 Å². The van der Waals surface area contributed by atoms with Crippen LogP contribution in [0, 0.1) is 12.7 Å². The molecule has 94 valence electrons. The maximum absolute atomic E-state index is 13.0. The largest absolute Gasteiger partial charge is 0.491 e. The Morgan fingerprint density at radius 3 is 2.78 bits per heavy atom. The molecule has 0 saturated carbocycles. The van der Waals surface area contributed by atoms with Crippen LogP contribution in [0.5, 0.6) is 5.75 Å². The maximum atomic E-state index is 13.0. The van der Waals surface area contributed by atoms with E-state index in [-0.39, 0.29) is 5.02 Å². The summed E-state index contributed by atoms with van der Waals surface area (Å²) in [4.78, 5) is 8.10. The van der Waals surface area contributed by atoms with E-state index in [2.05, 4.69) is 15.3 Å². The Bertz CT molecular complexity index is 577. The molecule has 2 aromatic rings. The Morgan fingerprint density at radius 2 is 2.11 bits per heavy atom. The van der Waals surface area contributed by atoms with Crippen molar-refractivity contribution in [3.8, 4) is 5.75 Å². The van der Waals surface area contributed by atoms with Crippen molar-refractivity contribution in [2.45, 2.75) is 6.92 Å². The second kappa shape index (κ2) is 5.18. The first-order chi connectivity index (χ1) is 8.61. The number of nitrogens with one attached hydrogen (secondary N) is 1. The summed E-state index contributed by atoms with van der Waals surface area (Å²) in [5.74, 6) is 0.582. The van der Waals surface area contributed by atoms with Crippen LogP contribution in [0.3, 0.4) is 0 Å². The van der Waals surface area contributed by atoms with Crippen LogP contribution in [0.2, 0.25) is 5.02 Å². The van der Waals surface area contributed by atoms with Gasteiger partial charge in [0.1, 0.15) is 12.1 Å². The van der Waals surface area contributed by atoms with E-state index in [1.165, 1.54) is 25.6 Å². The number of aromatic nitrogens is 2. The third kappa shape index (κ3) is 2.51. The van der Waals surface area contributed by atoms with Gasteiger partial charge in [-0.1, -0.05) is 11.6 Å². The fraction of sp³-hybridized carbons (Fsp3) is 0.167. The fourth-order valence-corrected chi connectivity index (χ4v) is 1.69. The van der Waals surface area contributed by atoms with Gasteiger partial charge < -0.3 is 10.1 Å². The number of nitrogens with zero attached hydrogens (tertiary/aromatic N) is 2. The average molecular weight is 268 g/mol. The van der Waals surface area contributed by atoms with Crippen LogP contribution in [-0.2, 0) is 0 Å². The highest BCUT2D eigenvalue weighted by Crippen LogP contribution is 2.28. The van der Waals surface area contributed by atoms with E-state index in [0.29, 0.717) is 22.9 Å². The third-order valence-corrected chi connectivity index (χ3v) is 2.66. The topological polar surface area (TPSA) is 47.0 Å². The van der Waals surface area contributed by atoms with Gasteiger partial charge in [-0.15, -0.1) is 0 Å². The first-order valence-corrected chi connectivity index (χ1v) is 5.57. The highest BCUT2D eigenvalue weighted by atomic mass is 35.5. The van der Waals surface area contributed by atoms with Gasteiger partial charge in [0.2, 0.25) is 0 Å². The van der Waals surface area contributed by atoms with Crippen molar-refractivity contribution < 1.29 is 9.13 Å². The molecule has 2 rings (SSSR count). The maximum Gasteiger partial charge on any atom is 0.182 e. The van der Waals surface area contributed by atoms with Crippen molar-refractivity contribution in [2.24, 2.45) is 0 Å². The number of methoxy groups -OCH3 is 1. The van der Waals surface area contributed by atoms with Crippen LogP contribution in [0.4, 0.5) is 15.9 Å². The van der Waals surface area contributed by atoms with E-state index in [9.17, 15) is 4.39 Å². The number of ether oxygens (including phenoxy) is 1. The number of hydrogen-bond donors (Lipinski definition) is 1. The lowest BCUT2D eigenvalue weighted by Gasteiger charge is -2.11. The van der Waals surface area contributed by atoms with E-state index in [0.717, 1.165) is 0 Å². The van der Waals surface area contributed by atoms with Gasteiger partial charge in [-0.05, 0) is 25.1 Å².